The molecule has 3 aromatic carbocycles. The summed E-state index contributed by atoms with van der Waals surface area (Å²) >= 11 is 0.999. The molecule has 212 valence electrons. The third-order valence-electron chi connectivity index (χ3n) is 6.54. The molecule has 0 fully saturated rings. The number of esters is 2. The zero-order valence-electron chi connectivity index (χ0n) is 22.8. The Morgan fingerprint density at radius 3 is 2.26 bits per heavy atom. The van der Waals surface area contributed by atoms with Gasteiger partial charge in [-0.05, 0) is 53.7 Å². The van der Waals surface area contributed by atoms with Gasteiger partial charge >= 0.3 is 11.9 Å². The van der Waals surface area contributed by atoms with Crippen LogP contribution in [0.25, 0.3) is 5.70 Å². The third kappa shape index (κ3) is 5.54. The summed E-state index contributed by atoms with van der Waals surface area (Å²) < 4.78 is 15.3. The van der Waals surface area contributed by atoms with Crippen LogP contribution in [-0.2, 0) is 23.9 Å². The molecule has 2 amide bonds. The molecule has 3 aromatic rings. The van der Waals surface area contributed by atoms with Crippen molar-refractivity contribution in [3.05, 3.63) is 112 Å². The lowest BCUT2D eigenvalue weighted by Gasteiger charge is -2.38. The Morgan fingerprint density at radius 1 is 0.881 bits per heavy atom. The lowest BCUT2D eigenvalue weighted by atomic mass is 9.91. The molecule has 1 N–H and O–H groups in total. The Morgan fingerprint density at radius 2 is 1.60 bits per heavy atom. The summed E-state index contributed by atoms with van der Waals surface area (Å²) in [7, 11) is 4.08. The van der Waals surface area contributed by atoms with Crippen molar-refractivity contribution in [3.63, 3.8) is 0 Å². The van der Waals surface area contributed by atoms with Gasteiger partial charge < -0.3 is 19.5 Å². The van der Waals surface area contributed by atoms with Gasteiger partial charge in [0.05, 0.1) is 49.1 Å². The molecule has 0 aliphatic carbocycles. The maximum absolute atomic E-state index is 13.7. The number of fused-ring (bicyclic) bond motifs is 1. The fourth-order valence-electron chi connectivity index (χ4n) is 4.56. The second kappa shape index (κ2) is 12.1. The SMILES string of the molecule is COC(=O)C1=C(c2ccccc2)N=C2SC(C(=O)Nc3ccc(C(=O)OC)cc3)=CC(=O)N2[C@H]1c1cccc(OC)c1. The molecule has 0 unspecified atom stereocenters. The average Bonchev–Trinajstić information content (AvgIpc) is 3.03. The molecule has 0 saturated carbocycles. The number of carbonyl (C=O) groups excluding carboxylic acids is 4. The van der Waals surface area contributed by atoms with Crippen molar-refractivity contribution in [1.29, 1.82) is 0 Å². The van der Waals surface area contributed by atoms with Crippen LogP contribution in [-0.4, -0.2) is 55.1 Å². The first kappa shape index (κ1) is 28.4. The molecular weight excluding hydrogens is 558 g/mol. The Hall–Kier alpha value is -5.16. The van der Waals surface area contributed by atoms with E-state index in [1.54, 1.807) is 48.5 Å². The van der Waals surface area contributed by atoms with Crippen LogP contribution in [0.15, 0.2) is 100 Å². The number of carbonyl (C=O) groups is 4. The quantitative estimate of drug-likeness (QED) is 0.401. The molecule has 2 aliphatic heterocycles. The van der Waals surface area contributed by atoms with Crippen LogP contribution in [0.4, 0.5) is 5.69 Å². The highest BCUT2D eigenvalue weighted by atomic mass is 32.2. The fourth-order valence-corrected chi connectivity index (χ4v) is 5.49. The zero-order valence-corrected chi connectivity index (χ0v) is 23.6. The summed E-state index contributed by atoms with van der Waals surface area (Å²) in [4.78, 5) is 58.2. The normalized spacial score (nSPS) is 16.1. The second-order valence-electron chi connectivity index (χ2n) is 9.04. The zero-order chi connectivity index (χ0) is 29.8. The topological polar surface area (TPSA) is 124 Å². The van der Waals surface area contributed by atoms with Gasteiger partial charge in [-0.25, -0.2) is 14.6 Å². The molecule has 0 spiro atoms. The highest BCUT2D eigenvalue weighted by Crippen LogP contribution is 2.45. The van der Waals surface area contributed by atoms with Crippen LogP contribution in [0.5, 0.6) is 5.75 Å². The van der Waals surface area contributed by atoms with Crippen LogP contribution in [0.1, 0.15) is 27.5 Å². The Kier molecular flexibility index (Phi) is 8.21. The molecule has 0 radical (unpaired) electrons. The van der Waals surface area contributed by atoms with E-state index in [9.17, 15) is 19.2 Å². The van der Waals surface area contributed by atoms with E-state index in [-0.39, 0.29) is 15.6 Å². The van der Waals surface area contributed by atoms with E-state index >= 15 is 0 Å². The monoisotopic (exact) mass is 583 g/mol. The number of hydrogen-bond donors (Lipinski definition) is 1. The first-order chi connectivity index (χ1) is 20.3. The standard InChI is InChI=1S/C31H25N3O7S/c1-39-22-11-7-10-20(16-22)27-25(30(38)41-3)26(18-8-5-4-6-9-18)33-31-34(27)24(35)17-23(42-31)28(36)32-21-14-12-19(13-15-21)29(37)40-2/h4-17,27H,1-3H3,(H,32,36)/t27-/m0/s1. The van der Waals surface area contributed by atoms with Crippen molar-refractivity contribution in [2.45, 2.75) is 6.04 Å². The van der Waals surface area contributed by atoms with Crippen molar-refractivity contribution < 1.29 is 33.4 Å². The number of ether oxygens (including phenoxy) is 3. The minimum atomic E-state index is -0.915. The summed E-state index contributed by atoms with van der Waals surface area (Å²) in [5.41, 5.74) is 2.47. The number of benzene rings is 3. The maximum Gasteiger partial charge on any atom is 0.338 e. The van der Waals surface area contributed by atoms with Gasteiger partial charge in [-0.15, -0.1) is 0 Å². The number of methoxy groups -OCH3 is 3. The lowest BCUT2D eigenvalue weighted by Crippen LogP contribution is -2.45. The van der Waals surface area contributed by atoms with E-state index in [2.05, 4.69) is 5.32 Å². The van der Waals surface area contributed by atoms with Gasteiger partial charge in [0.2, 0.25) is 0 Å². The van der Waals surface area contributed by atoms with Crippen LogP contribution in [0, 0.1) is 0 Å². The summed E-state index contributed by atoms with van der Waals surface area (Å²) in [5.74, 6) is -1.69. The first-order valence-electron chi connectivity index (χ1n) is 12.7. The van der Waals surface area contributed by atoms with Gasteiger partial charge in [-0.2, -0.15) is 0 Å². The number of nitrogens with one attached hydrogen (secondary N) is 1. The van der Waals surface area contributed by atoms with Crippen molar-refractivity contribution >= 4 is 52.1 Å². The van der Waals surface area contributed by atoms with Crippen LogP contribution >= 0.6 is 11.8 Å². The van der Waals surface area contributed by atoms with E-state index in [0.29, 0.717) is 33.8 Å². The highest BCUT2D eigenvalue weighted by molar-refractivity contribution is 8.18. The molecular formula is C31H25N3O7S. The minimum Gasteiger partial charge on any atom is -0.497 e. The predicted molar refractivity (Wildman–Crippen MR) is 157 cm³/mol. The molecule has 2 aliphatic rings. The number of amidine groups is 1. The predicted octanol–water partition coefficient (Wildman–Crippen LogP) is 4.57. The van der Waals surface area contributed by atoms with Gasteiger partial charge in [-0.3, -0.25) is 14.5 Å². The second-order valence-corrected chi connectivity index (χ2v) is 10.0. The molecule has 0 saturated heterocycles. The number of aliphatic imine (C=N–C) groups is 1. The van der Waals surface area contributed by atoms with E-state index in [1.165, 1.54) is 44.4 Å². The number of amides is 2. The van der Waals surface area contributed by atoms with Gasteiger partial charge in [0.25, 0.3) is 11.8 Å². The van der Waals surface area contributed by atoms with Crippen LogP contribution in [0.2, 0.25) is 0 Å². The van der Waals surface area contributed by atoms with Gasteiger partial charge in [0.15, 0.2) is 5.17 Å². The van der Waals surface area contributed by atoms with E-state index in [4.69, 9.17) is 19.2 Å². The highest BCUT2D eigenvalue weighted by Gasteiger charge is 2.43. The van der Waals surface area contributed by atoms with Gasteiger partial charge in [0.1, 0.15) is 5.75 Å². The largest absolute Gasteiger partial charge is 0.497 e. The lowest BCUT2D eigenvalue weighted by molar-refractivity contribution is -0.137. The number of hydrogen-bond acceptors (Lipinski definition) is 9. The Labute approximate surface area is 245 Å². The molecule has 1 atom stereocenters. The first-order valence-corrected chi connectivity index (χ1v) is 13.5. The summed E-state index contributed by atoms with van der Waals surface area (Å²) in [5, 5.41) is 2.96. The Balaban J connectivity index is 1.57. The molecule has 11 heteroatoms. The van der Waals surface area contributed by atoms with Crippen molar-refractivity contribution in [2.75, 3.05) is 26.6 Å². The molecule has 42 heavy (non-hydrogen) atoms. The van der Waals surface area contributed by atoms with Crippen LogP contribution < -0.4 is 10.1 Å². The van der Waals surface area contributed by atoms with E-state index in [0.717, 1.165) is 11.8 Å². The van der Waals surface area contributed by atoms with Crippen molar-refractivity contribution in [3.8, 4) is 5.75 Å². The maximum atomic E-state index is 13.7. The number of anilines is 1. The van der Waals surface area contributed by atoms with Crippen LogP contribution in [0.3, 0.4) is 0 Å². The van der Waals surface area contributed by atoms with Gasteiger partial charge in [-0.1, -0.05) is 42.5 Å². The summed E-state index contributed by atoms with van der Waals surface area (Å²) in [6.45, 7) is 0. The summed E-state index contributed by atoms with van der Waals surface area (Å²) in [6, 6.07) is 21.3. The Bertz CT molecular complexity index is 1660. The van der Waals surface area contributed by atoms with Crippen molar-refractivity contribution in [1.82, 2.24) is 4.90 Å². The van der Waals surface area contributed by atoms with E-state index in [1.807, 2.05) is 18.2 Å². The minimum absolute atomic E-state index is 0.102. The third-order valence-corrected chi connectivity index (χ3v) is 7.54. The molecule has 5 rings (SSSR count). The van der Waals surface area contributed by atoms with Crippen molar-refractivity contribution in [2.24, 2.45) is 4.99 Å². The summed E-state index contributed by atoms with van der Waals surface area (Å²) in [6.07, 6.45) is 1.21. The molecule has 2 heterocycles. The molecule has 0 aromatic heterocycles. The van der Waals surface area contributed by atoms with E-state index < -0.39 is 29.8 Å². The number of thioether (sulfide) groups is 1. The van der Waals surface area contributed by atoms with Gasteiger partial charge in [0, 0.05) is 17.3 Å². The molecule has 0 bridgehead atoms. The molecule has 10 nitrogen and oxygen atoms in total. The number of nitrogens with zero attached hydrogens (tertiary/aromatic N) is 2. The number of rotatable bonds is 7. The smallest absolute Gasteiger partial charge is 0.338 e. The fraction of sp³-hybridized carbons (Fsp3) is 0.129. The average molecular weight is 584 g/mol.